The second-order valence-electron chi connectivity index (χ2n) is 4.72. The molecule has 1 heteroatoms. The van der Waals surface area contributed by atoms with Crippen LogP contribution < -0.4 is 0 Å². The van der Waals surface area contributed by atoms with Crippen molar-refractivity contribution in [2.45, 2.75) is 58.5 Å². The number of rotatable bonds is 5. The predicted octanol–water partition coefficient (Wildman–Crippen LogP) is 3.53. The van der Waals surface area contributed by atoms with Crippen molar-refractivity contribution in [3.05, 3.63) is 12.2 Å². The Bertz CT molecular complexity index is 186. The summed E-state index contributed by atoms with van der Waals surface area (Å²) in [6, 6.07) is 0. The molecular weight excluding hydrogens is 172 g/mol. The maximum absolute atomic E-state index is 10.0. The minimum Gasteiger partial charge on any atom is -0.393 e. The van der Waals surface area contributed by atoms with Crippen LogP contribution in [0.25, 0.3) is 0 Å². The van der Waals surface area contributed by atoms with Crippen LogP contribution in [-0.4, -0.2) is 11.2 Å². The average Bonchev–Trinajstić information content (AvgIpc) is 2.65. The van der Waals surface area contributed by atoms with E-state index in [1.807, 2.05) is 0 Å². The molecule has 1 rings (SSSR count). The van der Waals surface area contributed by atoms with Crippen molar-refractivity contribution in [1.82, 2.24) is 0 Å². The maximum Gasteiger partial charge on any atom is 0.0605 e. The molecule has 1 aliphatic carbocycles. The van der Waals surface area contributed by atoms with E-state index in [1.54, 1.807) is 0 Å². The first kappa shape index (κ1) is 11.8. The Kier molecular flexibility index (Phi) is 4.67. The topological polar surface area (TPSA) is 20.2 Å². The molecule has 0 heterocycles. The monoisotopic (exact) mass is 196 g/mol. The SMILES string of the molecule is C=C(CC)CC(O)C1CCC(CC)C1. The number of hydrogen-bond donors (Lipinski definition) is 1. The first-order chi connectivity index (χ1) is 6.67. The highest BCUT2D eigenvalue weighted by Gasteiger charge is 2.28. The molecule has 1 fully saturated rings. The molecule has 0 spiro atoms. The van der Waals surface area contributed by atoms with Crippen LogP contribution in [0.15, 0.2) is 12.2 Å². The molecule has 1 aliphatic rings. The number of aliphatic hydroxyl groups excluding tert-OH is 1. The molecule has 0 radical (unpaired) electrons. The lowest BCUT2D eigenvalue weighted by Crippen LogP contribution is -2.18. The van der Waals surface area contributed by atoms with Gasteiger partial charge in [-0.25, -0.2) is 0 Å². The number of hydrogen-bond acceptors (Lipinski definition) is 1. The van der Waals surface area contributed by atoms with E-state index in [4.69, 9.17) is 0 Å². The van der Waals surface area contributed by atoms with E-state index < -0.39 is 0 Å². The van der Waals surface area contributed by atoms with E-state index in [0.717, 1.165) is 18.8 Å². The second-order valence-corrected chi connectivity index (χ2v) is 4.72. The third-order valence-corrected chi connectivity index (χ3v) is 3.70. The van der Waals surface area contributed by atoms with Gasteiger partial charge in [-0.1, -0.05) is 38.8 Å². The van der Waals surface area contributed by atoms with Crippen molar-refractivity contribution < 1.29 is 5.11 Å². The van der Waals surface area contributed by atoms with Crippen molar-refractivity contribution in [1.29, 1.82) is 0 Å². The largest absolute Gasteiger partial charge is 0.393 e. The van der Waals surface area contributed by atoms with Gasteiger partial charge in [0, 0.05) is 0 Å². The van der Waals surface area contributed by atoms with Crippen LogP contribution in [0.1, 0.15) is 52.4 Å². The maximum atomic E-state index is 10.0. The molecule has 0 aromatic heterocycles. The van der Waals surface area contributed by atoms with E-state index >= 15 is 0 Å². The highest BCUT2D eigenvalue weighted by Crippen LogP contribution is 2.36. The molecule has 1 N–H and O–H groups in total. The minimum absolute atomic E-state index is 0.126. The van der Waals surface area contributed by atoms with Crippen LogP contribution in [0.2, 0.25) is 0 Å². The molecule has 0 amide bonds. The van der Waals surface area contributed by atoms with E-state index in [1.165, 1.54) is 31.3 Å². The van der Waals surface area contributed by atoms with E-state index in [-0.39, 0.29) is 6.10 Å². The van der Waals surface area contributed by atoms with Gasteiger partial charge in [-0.15, -0.1) is 0 Å². The summed E-state index contributed by atoms with van der Waals surface area (Å²) in [5.74, 6) is 1.41. The quantitative estimate of drug-likeness (QED) is 0.667. The molecule has 3 unspecified atom stereocenters. The molecule has 1 saturated carbocycles. The summed E-state index contributed by atoms with van der Waals surface area (Å²) in [7, 11) is 0. The van der Waals surface area contributed by atoms with Gasteiger partial charge in [-0.2, -0.15) is 0 Å². The van der Waals surface area contributed by atoms with Gasteiger partial charge in [-0.3, -0.25) is 0 Å². The molecule has 3 atom stereocenters. The molecule has 0 aliphatic heterocycles. The van der Waals surface area contributed by atoms with Gasteiger partial charge >= 0.3 is 0 Å². The fraction of sp³-hybridized carbons (Fsp3) is 0.846. The Balaban J connectivity index is 2.31. The fourth-order valence-electron chi connectivity index (χ4n) is 2.44. The van der Waals surface area contributed by atoms with E-state index in [2.05, 4.69) is 20.4 Å². The highest BCUT2D eigenvalue weighted by molar-refractivity contribution is 4.96. The summed E-state index contributed by atoms with van der Waals surface area (Å²) < 4.78 is 0. The molecule has 0 saturated heterocycles. The first-order valence-electron chi connectivity index (χ1n) is 6.02. The summed E-state index contributed by atoms with van der Waals surface area (Å²) >= 11 is 0. The standard InChI is InChI=1S/C13H24O/c1-4-10(3)8-13(14)12-7-6-11(5-2)9-12/h11-14H,3-9H2,1-2H3. The third-order valence-electron chi connectivity index (χ3n) is 3.70. The van der Waals surface area contributed by atoms with Crippen LogP contribution in [0.5, 0.6) is 0 Å². The molecule has 1 nitrogen and oxygen atoms in total. The van der Waals surface area contributed by atoms with Crippen molar-refractivity contribution in [3.8, 4) is 0 Å². The van der Waals surface area contributed by atoms with Crippen molar-refractivity contribution in [2.75, 3.05) is 0 Å². The summed E-state index contributed by atoms with van der Waals surface area (Å²) in [4.78, 5) is 0. The lowest BCUT2D eigenvalue weighted by Gasteiger charge is -2.18. The molecular formula is C13H24O. The van der Waals surface area contributed by atoms with Crippen LogP contribution in [0.3, 0.4) is 0 Å². The Morgan fingerprint density at radius 2 is 2.14 bits per heavy atom. The Morgan fingerprint density at radius 3 is 2.64 bits per heavy atom. The Hall–Kier alpha value is -0.300. The zero-order valence-corrected chi connectivity index (χ0v) is 9.63. The Morgan fingerprint density at radius 1 is 1.43 bits per heavy atom. The molecule has 0 aromatic carbocycles. The second kappa shape index (κ2) is 5.55. The van der Waals surface area contributed by atoms with Gasteiger partial charge in [0.05, 0.1) is 6.10 Å². The third kappa shape index (κ3) is 3.13. The van der Waals surface area contributed by atoms with Crippen molar-refractivity contribution in [2.24, 2.45) is 11.8 Å². The van der Waals surface area contributed by atoms with Crippen molar-refractivity contribution >= 4 is 0 Å². The van der Waals surface area contributed by atoms with E-state index in [0.29, 0.717) is 5.92 Å². The molecule has 0 bridgehead atoms. The van der Waals surface area contributed by atoms with E-state index in [9.17, 15) is 5.11 Å². The minimum atomic E-state index is -0.126. The number of aliphatic hydroxyl groups is 1. The lowest BCUT2D eigenvalue weighted by molar-refractivity contribution is 0.108. The van der Waals surface area contributed by atoms with Gasteiger partial charge in [0.2, 0.25) is 0 Å². The molecule has 14 heavy (non-hydrogen) atoms. The summed E-state index contributed by atoms with van der Waals surface area (Å²) in [5, 5.41) is 10.0. The zero-order chi connectivity index (χ0) is 10.6. The molecule has 0 aromatic rings. The van der Waals surface area contributed by atoms with Gasteiger partial charge in [0.1, 0.15) is 0 Å². The van der Waals surface area contributed by atoms with Crippen LogP contribution in [-0.2, 0) is 0 Å². The van der Waals surface area contributed by atoms with Gasteiger partial charge < -0.3 is 5.11 Å². The zero-order valence-electron chi connectivity index (χ0n) is 9.63. The van der Waals surface area contributed by atoms with Crippen LogP contribution in [0.4, 0.5) is 0 Å². The van der Waals surface area contributed by atoms with Crippen molar-refractivity contribution in [3.63, 3.8) is 0 Å². The Labute approximate surface area is 88.2 Å². The van der Waals surface area contributed by atoms with Gasteiger partial charge in [0.15, 0.2) is 0 Å². The van der Waals surface area contributed by atoms with Gasteiger partial charge in [-0.05, 0) is 37.5 Å². The summed E-state index contributed by atoms with van der Waals surface area (Å²) in [6.45, 7) is 8.33. The van der Waals surface area contributed by atoms with Crippen LogP contribution in [0, 0.1) is 11.8 Å². The van der Waals surface area contributed by atoms with Crippen LogP contribution >= 0.6 is 0 Å². The normalized spacial score (nSPS) is 29.1. The average molecular weight is 196 g/mol. The molecule has 82 valence electrons. The predicted molar refractivity (Wildman–Crippen MR) is 61.2 cm³/mol. The highest BCUT2D eigenvalue weighted by atomic mass is 16.3. The van der Waals surface area contributed by atoms with Gasteiger partial charge in [0.25, 0.3) is 0 Å². The first-order valence-corrected chi connectivity index (χ1v) is 6.02. The summed E-state index contributed by atoms with van der Waals surface area (Å²) in [5.41, 5.74) is 1.19. The lowest BCUT2D eigenvalue weighted by atomic mass is 9.93. The summed E-state index contributed by atoms with van der Waals surface area (Å²) in [6.07, 6.45) is 6.73. The smallest absolute Gasteiger partial charge is 0.0605 e. The fourth-order valence-corrected chi connectivity index (χ4v) is 2.44.